The lowest BCUT2D eigenvalue weighted by molar-refractivity contribution is -0.360. The highest BCUT2D eigenvalue weighted by atomic mass is 16.8. The number of rotatable bonds is 12. The second-order valence-corrected chi connectivity index (χ2v) is 15.7. The van der Waals surface area contributed by atoms with Crippen LogP contribution >= 0.6 is 0 Å². The molecule has 23 heteroatoms. The van der Waals surface area contributed by atoms with Gasteiger partial charge in [0.05, 0.1) is 25.9 Å². The van der Waals surface area contributed by atoms with Crippen LogP contribution in [0.25, 0.3) is 28.4 Å². The lowest BCUT2D eigenvalue weighted by Crippen LogP contribution is -2.65. The first-order valence-corrected chi connectivity index (χ1v) is 20.2. The molecule has 3 aliphatic rings. The number of carbonyl (C=O) groups is 1. The van der Waals surface area contributed by atoms with E-state index in [4.69, 9.17) is 42.3 Å². The molecule has 4 heterocycles. The number of aromatic hydroxyl groups is 5. The Morgan fingerprint density at radius 3 is 2.05 bits per heavy atom. The van der Waals surface area contributed by atoms with E-state index < -0.39 is 150 Å². The molecule has 0 bridgehead atoms. The van der Waals surface area contributed by atoms with Crippen molar-refractivity contribution >= 4 is 23.0 Å². The van der Waals surface area contributed by atoms with Gasteiger partial charge in [0.15, 0.2) is 53.5 Å². The highest BCUT2D eigenvalue weighted by Crippen LogP contribution is 2.40. The molecule has 0 radical (unpaired) electrons. The molecular formula is C43H48O23. The number of phenols is 5. The van der Waals surface area contributed by atoms with Gasteiger partial charge in [0.25, 0.3) is 0 Å². The monoisotopic (exact) mass is 932 g/mol. The van der Waals surface area contributed by atoms with Crippen LogP contribution in [0.4, 0.5) is 0 Å². The van der Waals surface area contributed by atoms with Crippen LogP contribution in [0.1, 0.15) is 19.4 Å². The molecule has 0 saturated carbocycles. The zero-order valence-corrected chi connectivity index (χ0v) is 35.0. The zero-order chi connectivity index (χ0) is 47.9. The topological polar surface area (TPSA) is 364 Å². The number of hydrogen-bond acceptors (Lipinski definition) is 23. The molecule has 0 amide bonds. The average molecular weight is 933 g/mol. The standard InChI is InChI=1S/C43H48O23/c1-15-29(50)33(54)36(57)41(60-15)66-40-35(56)31(52)26(14-59-42-39(34(55)30(51)16(2)61-42)64-27(49)9-5-17-4-7-21(46)24(10-17)58-3)63-43(40)65-38-32(53)28-23(48)12-19(44)13-25(28)62-37(38)18-6-8-20(45)22(47)11-18/h4-13,15-16,26,29-31,33-36,39-48,50-52,54-57H,14H2,1-3H3. The molecule has 0 aliphatic carbocycles. The van der Waals surface area contributed by atoms with E-state index >= 15 is 0 Å². The minimum absolute atomic E-state index is 0.113. The van der Waals surface area contributed by atoms with Crippen molar-refractivity contribution in [2.45, 2.75) is 106 Å². The van der Waals surface area contributed by atoms with Crippen molar-refractivity contribution in [2.75, 3.05) is 13.7 Å². The van der Waals surface area contributed by atoms with Gasteiger partial charge < -0.3 is 104 Å². The Kier molecular flexibility index (Phi) is 14.3. The van der Waals surface area contributed by atoms with E-state index in [1.807, 2.05) is 0 Å². The Balaban J connectivity index is 1.21. The lowest BCUT2D eigenvalue weighted by Gasteiger charge is -2.46. The minimum Gasteiger partial charge on any atom is -0.508 e. The minimum atomic E-state index is -2.12. The summed E-state index contributed by atoms with van der Waals surface area (Å²) in [5, 5.41) is 127. The van der Waals surface area contributed by atoms with Crippen LogP contribution in [-0.2, 0) is 33.2 Å². The van der Waals surface area contributed by atoms with E-state index in [1.54, 1.807) is 0 Å². The van der Waals surface area contributed by atoms with Crippen LogP contribution in [-0.4, -0.2) is 173 Å². The van der Waals surface area contributed by atoms with Gasteiger partial charge in [0, 0.05) is 23.8 Å². The van der Waals surface area contributed by atoms with Gasteiger partial charge in [-0.25, -0.2) is 4.79 Å². The Bertz CT molecular complexity index is 2470. The Labute approximate surface area is 372 Å². The Hall–Kier alpha value is -5.80. The molecule has 358 valence electrons. The summed E-state index contributed by atoms with van der Waals surface area (Å²) in [4.78, 5) is 27.3. The molecule has 3 fully saturated rings. The molecule has 0 spiro atoms. The van der Waals surface area contributed by atoms with Crippen molar-refractivity contribution in [3.63, 3.8) is 0 Å². The quantitative estimate of drug-likeness (QED) is 0.0467. The third-order valence-electron chi connectivity index (χ3n) is 11.2. The smallest absolute Gasteiger partial charge is 0.331 e. The largest absolute Gasteiger partial charge is 0.508 e. The van der Waals surface area contributed by atoms with Crippen LogP contribution < -0.4 is 14.9 Å². The number of ether oxygens (including phenoxy) is 8. The highest BCUT2D eigenvalue weighted by Gasteiger charge is 2.53. The molecule has 7 rings (SSSR count). The molecule has 3 saturated heterocycles. The summed E-state index contributed by atoms with van der Waals surface area (Å²) in [5.41, 5.74) is -1.24. The number of phenolic OH excluding ortho intramolecular Hbond substituents is 5. The maximum absolute atomic E-state index is 14.3. The van der Waals surface area contributed by atoms with Gasteiger partial charge in [-0.15, -0.1) is 0 Å². The van der Waals surface area contributed by atoms with Crippen molar-refractivity contribution in [3.8, 4) is 51.6 Å². The summed E-state index contributed by atoms with van der Waals surface area (Å²) in [6.07, 6.45) is -24.0. The maximum Gasteiger partial charge on any atom is 0.331 e. The number of aliphatic hydroxyl groups is 7. The summed E-state index contributed by atoms with van der Waals surface area (Å²) in [6, 6.07) is 9.23. The second-order valence-electron chi connectivity index (χ2n) is 15.7. The number of benzene rings is 3. The van der Waals surface area contributed by atoms with Gasteiger partial charge in [-0.3, -0.25) is 4.79 Å². The third-order valence-corrected chi connectivity index (χ3v) is 11.2. The number of carbonyl (C=O) groups excluding carboxylic acids is 1. The fourth-order valence-electron chi connectivity index (χ4n) is 7.50. The maximum atomic E-state index is 14.3. The van der Waals surface area contributed by atoms with Crippen molar-refractivity contribution in [1.82, 2.24) is 0 Å². The Morgan fingerprint density at radius 2 is 1.35 bits per heavy atom. The van der Waals surface area contributed by atoms with Gasteiger partial charge >= 0.3 is 5.97 Å². The summed E-state index contributed by atoms with van der Waals surface area (Å²) < 4.78 is 51.6. The number of hydrogen-bond donors (Lipinski definition) is 12. The first-order valence-electron chi connectivity index (χ1n) is 20.2. The summed E-state index contributed by atoms with van der Waals surface area (Å²) in [6.45, 7) is 1.92. The second kappa shape index (κ2) is 19.6. The molecule has 23 nitrogen and oxygen atoms in total. The molecule has 1 aromatic heterocycles. The summed E-state index contributed by atoms with van der Waals surface area (Å²) in [5.74, 6) is -4.95. The fourth-order valence-corrected chi connectivity index (χ4v) is 7.50. The van der Waals surface area contributed by atoms with Gasteiger partial charge in [-0.05, 0) is 55.8 Å². The predicted octanol–water partition coefficient (Wildman–Crippen LogP) is -0.857. The Morgan fingerprint density at radius 1 is 0.682 bits per heavy atom. The number of fused-ring (bicyclic) bond motifs is 1. The van der Waals surface area contributed by atoms with Crippen LogP contribution in [0, 0.1) is 0 Å². The molecule has 15 atom stereocenters. The van der Waals surface area contributed by atoms with E-state index in [2.05, 4.69) is 0 Å². The molecule has 3 aliphatic heterocycles. The summed E-state index contributed by atoms with van der Waals surface area (Å²) >= 11 is 0. The van der Waals surface area contributed by atoms with Crippen LogP contribution in [0.5, 0.6) is 40.2 Å². The van der Waals surface area contributed by atoms with Crippen molar-refractivity contribution in [2.24, 2.45) is 0 Å². The molecule has 3 aromatic carbocycles. The molecule has 66 heavy (non-hydrogen) atoms. The SMILES string of the molecule is COc1cc(C=CC(=O)OC2C(OCC3OC(Oc4c(-c5ccc(O)c(O)c5)oc5cc(O)cc(O)c5c4=O)C(OC4OC(C)C(O)C(O)C4O)C(O)C3O)OC(C)C(O)C2O)ccc1O. The van der Waals surface area contributed by atoms with Crippen molar-refractivity contribution < 1.29 is 108 Å². The number of methoxy groups -OCH3 is 1. The first kappa shape index (κ1) is 48.1. The first-order chi connectivity index (χ1) is 31.3. The van der Waals surface area contributed by atoms with E-state index in [-0.39, 0.29) is 22.6 Å². The van der Waals surface area contributed by atoms with E-state index in [1.165, 1.54) is 51.3 Å². The normalized spacial score (nSPS) is 32.6. The highest BCUT2D eigenvalue weighted by molar-refractivity contribution is 5.89. The van der Waals surface area contributed by atoms with Gasteiger partial charge in [-0.1, -0.05) is 6.07 Å². The van der Waals surface area contributed by atoms with Crippen molar-refractivity contribution in [1.29, 1.82) is 0 Å². The lowest BCUT2D eigenvalue weighted by atomic mass is 9.97. The predicted molar refractivity (Wildman–Crippen MR) is 219 cm³/mol. The van der Waals surface area contributed by atoms with Crippen LogP contribution in [0.3, 0.4) is 0 Å². The molecule has 4 aromatic rings. The van der Waals surface area contributed by atoms with Gasteiger partial charge in [0.1, 0.15) is 71.3 Å². The number of aliphatic hydroxyl groups excluding tert-OH is 7. The fraction of sp³-hybridized carbons (Fsp3) is 0.442. The zero-order valence-electron chi connectivity index (χ0n) is 35.0. The van der Waals surface area contributed by atoms with E-state index in [0.29, 0.717) is 5.56 Å². The van der Waals surface area contributed by atoms with Crippen LogP contribution in [0.15, 0.2) is 63.8 Å². The van der Waals surface area contributed by atoms with Gasteiger partial charge in [0.2, 0.25) is 17.5 Å². The van der Waals surface area contributed by atoms with Gasteiger partial charge in [-0.2, -0.15) is 0 Å². The van der Waals surface area contributed by atoms with E-state index in [9.17, 15) is 70.9 Å². The molecule has 15 unspecified atom stereocenters. The van der Waals surface area contributed by atoms with Crippen LogP contribution in [0.2, 0.25) is 0 Å². The molecule has 12 N–H and O–H groups in total. The van der Waals surface area contributed by atoms with E-state index in [0.717, 1.165) is 30.3 Å². The molecular weight excluding hydrogens is 884 g/mol. The van der Waals surface area contributed by atoms with Crippen molar-refractivity contribution in [3.05, 3.63) is 70.4 Å². The average Bonchev–Trinajstić information content (AvgIpc) is 3.28. The summed E-state index contributed by atoms with van der Waals surface area (Å²) in [7, 11) is 1.33. The third kappa shape index (κ3) is 9.69. The number of esters is 1.